The lowest BCUT2D eigenvalue weighted by atomic mass is 10.1. The average Bonchev–Trinajstić information content (AvgIpc) is 2.18. The third-order valence-corrected chi connectivity index (χ3v) is 2.32. The van der Waals surface area contributed by atoms with Crippen molar-refractivity contribution in [3.63, 3.8) is 0 Å². The Morgan fingerprint density at radius 1 is 1.31 bits per heavy atom. The van der Waals surface area contributed by atoms with Gasteiger partial charge >= 0.3 is 0 Å². The Morgan fingerprint density at radius 3 is 2.92 bits per heavy atom. The molecule has 0 unspecified atom stereocenters. The molecule has 3 heteroatoms. The zero-order valence-corrected chi connectivity index (χ0v) is 7.75. The van der Waals surface area contributed by atoms with Crippen molar-refractivity contribution in [2.24, 2.45) is 5.73 Å². The largest absolute Gasteiger partial charge is 0.326 e. The Kier molecular flexibility index (Phi) is 2.17. The number of hydrogen-bond acceptors (Lipinski definition) is 2. The van der Waals surface area contributed by atoms with Crippen LogP contribution in [-0.4, -0.2) is 4.98 Å². The summed E-state index contributed by atoms with van der Waals surface area (Å²) >= 11 is 5.91. The Balaban J connectivity index is 2.72. The van der Waals surface area contributed by atoms with Gasteiger partial charge in [0.15, 0.2) is 0 Å². The summed E-state index contributed by atoms with van der Waals surface area (Å²) in [6, 6.07) is 7.88. The maximum atomic E-state index is 5.91. The minimum atomic E-state index is 0.543. The Labute approximate surface area is 81.3 Å². The van der Waals surface area contributed by atoms with Crippen LogP contribution in [0.2, 0.25) is 5.15 Å². The molecule has 13 heavy (non-hydrogen) atoms. The second-order valence-electron chi connectivity index (χ2n) is 2.86. The molecule has 0 saturated heterocycles. The van der Waals surface area contributed by atoms with Gasteiger partial charge in [-0.05, 0) is 23.1 Å². The first-order valence-corrected chi connectivity index (χ1v) is 4.42. The summed E-state index contributed by atoms with van der Waals surface area (Å²) in [6.07, 6.45) is 1.70. The number of fused-ring (bicyclic) bond motifs is 1. The second-order valence-corrected chi connectivity index (χ2v) is 3.22. The Morgan fingerprint density at radius 2 is 2.15 bits per heavy atom. The minimum Gasteiger partial charge on any atom is -0.326 e. The van der Waals surface area contributed by atoms with Crippen molar-refractivity contribution in [2.45, 2.75) is 6.54 Å². The Bertz CT molecular complexity index is 440. The van der Waals surface area contributed by atoms with E-state index in [1.54, 1.807) is 6.20 Å². The van der Waals surface area contributed by atoms with Gasteiger partial charge < -0.3 is 5.73 Å². The fourth-order valence-corrected chi connectivity index (χ4v) is 1.55. The predicted molar refractivity (Wildman–Crippen MR) is 54.6 cm³/mol. The van der Waals surface area contributed by atoms with Crippen LogP contribution in [-0.2, 0) is 6.54 Å². The lowest BCUT2D eigenvalue weighted by molar-refractivity contribution is 1.08. The van der Waals surface area contributed by atoms with Gasteiger partial charge in [0.05, 0.1) is 0 Å². The molecule has 0 fully saturated rings. The van der Waals surface area contributed by atoms with Crippen molar-refractivity contribution in [3.05, 3.63) is 41.2 Å². The van der Waals surface area contributed by atoms with Gasteiger partial charge in [-0.1, -0.05) is 23.7 Å². The standard InChI is InChI=1S/C10H9ClN2/c11-10-9-2-1-7(6-12)5-8(9)3-4-13-10/h1-5H,6,12H2. The van der Waals surface area contributed by atoms with Crippen molar-refractivity contribution in [1.29, 1.82) is 0 Å². The van der Waals surface area contributed by atoms with E-state index in [2.05, 4.69) is 4.98 Å². The van der Waals surface area contributed by atoms with Crippen molar-refractivity contribution < 1.29 is 0 Å². The van der Waals surface area contributed by atoms with Crippen molar-refractivity contribution in [1.82, 2.24) is 4.98 Å². The molecule has 1 aromatic carbocycles. The molecular weight excluding hydrogens is 184 g/mol. The van der Waals surface area contributed by atoms with Gasteiger partial charge in [0.1, 0.15) is 5.15 Å². The van der Waals surface area contributed by atoms with E-state index in [0.29, 0.717) is 11.7 Å². The molecule has 1 aromatic heterocycles. The number of hydrogen-bond donors (Lipinski definition) is 1. The molecule has 0 amide bonds. The molecule has 0 radical (unpaired) electrons. The van der Waals surface area contributed by atoms with Crippen LogP contribution in [0.3, 0.4) is 0 Å². The highest BCUT2D eigenvalue weighted by Gasteiger charge is 1.99. The summed E-state index contributed by atoms with van der Waals surface area (Å²) in [5.41, 5.74) is 6.64. The van der Waals surface area contributed by atoms with Crippen LogP contribution in [0.15, 0.2) is 30.5 Å². The lowest BCUT2D eigenvalue weighted by Crippen LogP contribution is -1.95. The molecule has 0 aliphatic heterocycles. The van der Waals surface area contributed by atoms with Gasteiger partial charge in [-0.2, -0.15) is 0 Å². The first-order valence-electron chi connectivity index (χ1n) is 4.04. The van der Waals surface area contributed by atoms with E-state index in [4.69, 9.17) is 17.3 Å². The zero-order valence-electron chi connectivity index (χ0n) is 7.00. The van der Waals surface area contributed by atoms with Gasteiger partial charge in [-0.3, -0.25) is 0 Å². The van der Waals surface area contributed by atoms with E-state index in [1.165, 1.54) is 0 Å². The minimum absolute atomic E-state index is 0.543. The molecule has 0 aliphatic rings. The summed E-state index contributed by atoms with van der Waals surface area (Å²) in [4.78, 5) is 4.00. The predicted octanol–water partition coefficient (Wildman–Crippen LogP) is 2.35. The lowest BCUT2D eigenvalue weighted by Gasteiger charge is -2.01. The molecule has 0 saturated carbocycles. The summed E-state index contributed by atoms with van der Waals surface area (Å²) < 4.78 is 0. The zero-order chi connectivity index (χ0) is 9.26. The van der Waals surface area contributed by atoms with Crippen LogP contribution in [0.4, 0.5) is 0 Å². The molecule has 0 spiro atoms. The first-order chi connectivity index (χ1) is 6.31. The van der Waals surface area contributed by atoms with Gasteiger partial charge in [0.2, 0.25) is 0 Å². The summed E-state index contributed by atoms with van der Waals surface area (Å²) in [5, 5.41) is 2.60. The third kappa shape index (κ3) is 1.50. The topological polar surface area (TPSA) is 38.9 Å². The number of rotatable bonds is 1. The Hall–Kier alpha value is -1.12. The van der Waals surface area contributed by atoms with Crippen LogP contribution < -0.4 is 5.73 Å². The van der Waals surface area contributed by atoms with Crippen LogP contribution in [0.1, 0.15) is 5.56 Å². The maximum Gasteiger partial charge on any atom is 0.136 e. The molecule has 66 valence electrons. The van der Waals surface area contributed by atoms with Crippen molar-refractivity contribution in [2.75, 3.05) is 0 Å². The molecule has 0 aliphatic carbocycles. The fourth-order valence-electron chi connectivity index (χ4n) is 1.32. The highest BCUT2D eigenvalue weighted by atomic mass is 35.5. The number of halogens is 1. The molecule has 2 N–H and O–H groups in total. The van der Waals surface area contributed by atoms with E-state index >= 15 is 0 Å². The number of aromatic nitrogens is 1. The summed E-state index contributed by atoms with van der Waals surface area (Å²) in [6.45, 7) is 0.551. The van der Waals surface area contributed by atoms with Crippen LogP contribution in [0.25, 0.3) is 10.8 Å². The van der Waals surface area contributed by atoms with Gasteiger partial charge in [0.25, 0.3) is 0 Å². The highest BCUT2D eigenvalue weighted by molar-refractivity contribution is 6.34. The van der Waals surface area contributed by atoms with E-state index in [9.17, 15) is 0 Å². The SMILES string of the molecule is NCc1ccc2c(Cl)nccc2c1. The molecule has 0 bridgehead atoms. The second kappa shape index (κ2) is 3.32. The van der Waals surface area contributed by atoms with E-state index in [0.717, 1.165) is 16.3 Å². The van der Waals surface area contributed by atoms with Gasteiger partial charge in [-0.25, -0.2) is 4.98 Å². The average molecular weight is 193 g/mol. The number of nitrogens with two attached hydrogens (primary N) is 1. The van der Waals surface area contributed by atoms with E-state index < -0.39 is 0 Å². The monoisotopic (exact) mass is 192 g/mol. The number of benzene rings is 1. The summed E-state index contributed by atoms with van der Waals surface area (Å²) in [7, 11) is 0. The molecule has 2 nitrogen and oxygen atoms in total. The maximum absolute atomic E-state index is 5.91. The van der Waals surface area contributed by atoms with Gasteiger partial charge in [0, 0.05) is 18.1 Å². The first kappa shape index (κ1) is 8.48. The van der Waals surface area contributed by atoms with Gasteiger partial charge in [-0.15, -0.1) is 0 Å². The quantitative estimate of drug-likeness (QED) is 0.705. The van der Waals surface area contributed by atoms with Crippen molar-refractivity contribution >= 4 is 22.4 Å². The molecular formula is C10H9ClN2. The van der Waals surface area contributed by atoms with Crippen LogP contribution in [0, 0.1) is 0 Å². The highest BCUT2D eigenvalue weighted by Crippen LogP contribution is 2.21. The molecule has 2 aromatic rings. The fraction of sp³-hybridized carbons (Fsp3) is 0.100. The normalized spacial score (nSPS) is 10.6. The number of pyridine rings is 1. The molecule has 2 rings (SSSR count). The molecule has 0 atom stereocenters. The van der Waals surface area contributed by atoms with Crippen LogP contribution in [0.5, 0.6) is 0 Å². The third-order valence-electron chi connectivity index (χ3n) is 2.02. The van der Waals surface area contributed by atoms with Crippen LogP contribution >= 0.6 is 11.6 Å². The smallest absolute Gasteiger partial charge is 0.136 e. The number of nitrogens with zero attached hydrogens (tertiary/aromatic N) is 1. The van der Waals surface area contributed by atoms with E-state index in [-0.39, 0.29) is 0 Å². The summed E-state index contributed by atoms with van der Waals surface area (Å²) in [5.74, 6) is 0. The molecule has 1 heterocycles. The van der Waals surface area contributed by atoms with Crippen molar-refractivity contribution in [3.8, 4) is 0 Å². The van der Waals surface area contributed by atoms with E-state index in [1.807, 2.05) is 24.3 Å².